The van der Waals surface area contributed by atoms with Gasteiger partial charge in [0.25, 0.3) is 5.56 Å². The highest BCUT2D eigenvalue weighted by Crippen LogP contribution is 2.30. The molecule has 3 N–H and O–H groups in total. The smallest absolute Gasteiger partial charge is 0.416 e. The van der Waals surface area contributed by atoms with Gasteiger partial charge in [0.2, 0.25) is 5.91 Å². The first-order valence-corrected chi connectivity index (χ1v) is 12.5. The summed E-state index contributed by atoms with van der Waals surface area (Å²) in [4.78, 5) is 46.2. The maximum absolute atomic E-state index is 14.6. The number of halogens is 1. The molecule has 0 saturated carbocycles. The molecule has 3 aromatic rings. The Labute approximate surface area is 213 Å². The number of aromatic nitrogens is 3. The number of hydrogen-bond acceptors (Lipinski definition) is 10. The number of pyridine rings is 1. The van der Waals surface area contributed by atoms with E-state index in [1.807, 2.05) is 0 Å². The molecule has 37 heavy (non-hydrogen) atoms. The molecule has 2 aliphatic heterocycles. The van der Waals surface area contributed by atoms with Gasteiger partial charge in [0.05, 0.1) is 30.6 Å². The molecule has 4 heterocycles. The van der Waals surface area contributed by atoms with E-state index in [0.717, 1.165) is 0 Å². The lowest BCUT2D eigenvalue weighted by atomic mass is 10.2. The van der Waals surface area contributed by atoms with Crippen LogP contribution in [-0.4, -0.2) is 76.3 Å². The van der Waals surface area contributed by atoms with Crippen molar-refractivity contribution in [1.29, 1.82) is 0 Å². The van der Waals surface area contributed by atoms with Gasteiger partial charge >= 0.3 is 6.09 Å². The Hall–Kier alpha value is -3.75. The summed E-state index contributed by atoms with van der Waals surface area (Å²) in [6.07, 6.45) is 0.411. The van der Waals surface area contributed by atoms with Gasteiger partial charge in [-0.15, -0.1) is 0 Å². The number of thioether (sulfide) groups is 1. The first kappa shape index (κ1) is 24.9. The van der Waals surface area contributed by atoms with Crippen molar-refractivity contribution in [3.8, 4) is 5.75 Å². The standard InChI is InChI=1S/C23H23FN6O6S/c24-15-3-1-13-2-4-18(33)29(6-7-31)19(13)20(15)35-8-5-25-9-14-11-30(23(34)36-14)16-10-26-22-21(27-16)28-17(32)12-37-22/h1-4,10,14,25,31H,5-9,11-12H2,(H,27,28,32)/t14-/m0/s1. The van der Waals surface area contributed by atoms with Crippen molar-refractivity contribution in [3.05, 3.63) is 46.6 Å². The van der Waals surface area contributed by atoms with E-state index < -0.39 is 18.0 Å². The maximum Gasteiger partial charge on any atom is 0.416 e. The normalized spacial score (nSPS) is 17.0. The quantitative estimate of drug-likeness (QED) is 0.342. The van der Waals surface area contributed by atoms with Crippen LogP contribution in [0.2, 0.25) is 0 Å². The minimum absolute atomic E-state index is 0.0115. The molecule has 14 heteroatoms. The van der Waals surface area contributed by atoms with Crippen LogP contribution in [-0.2, 0) is 16.1 Å². The van der Waals surface area contributed by atoms with Crippen LogP contribution >= 0.6 is 11.8 Å². The Balaban J connectivity index is 1.17. The largest absolute Gasteiger partial charge is 0.487 e. The van der Waals surface area contributed by atoms with E-state index in [1.165, 1.54) is 39.6 Å². The lowest BCUT2D eigenvalue weighted by Gasteiger charge is -2.17. The fourth-order valence-electron chi connectivity index (χ4n) is 4.09. The number of aliphatic hydroxyl groups excluding tert-OH is 1. The molecule has 12 nitrogen and oxygen atoms in total. The van der Waals surface area contributed by atoms with Crippen LogP contribution < -0.4 is 25.8 Å². The van der Waals surface area contributed by atoms with Crippen molar-refractivity contribution >= 4 is 46.3 Å². The molecule has 194 valence electrons. The average Bonchev–Trinajstić information content (AvgIpc) is 3.26. The van der Waals surface area contributed by atoms with Gasteiger partial charge < -0.3 is 29.8 Å². The van der Waals surface area contributed by atoms with Gasteiger partial charge in [-0.1, -0.05) is 11.8 Å². The van der Waals surface area contributed by atoms with E-state index in [9.17, 15) is 23.9 Å². The van der Waals surface area contributed by atoms with Crippen LogP contribution in [0.5, 0.6) is 5.75 Å². The summed E-state index contributed by atoms with van der Waals surface area (Å²) >= 11 is 1.27. The lowest BCUT2D eigenvalue weighted by molar-refractivity contribution is -0.113. The van der Waals surface area contributed by atoms with Gasteiger partial charge in [-0.3, -0.25) is 14.5 Å². The fourth-order valence-corrected chi connectivity index (χ4v) is 4.79. The van der Waals surface area contributed by atoms with Gasteiger partial charge in [-0.25, -0.2) is 19.2 Å². The number of cyclic esters (lactones) is 1. The van der Waals surface area contributed by atoms with Crippen LogP contribution in [0.25, 0.3) is 10.9 Å². The summed E-state index contributed by atoms with van der Waals surface area (Å²) in [5.41, 5.74) is -0.0878. The number of nitrogens with zero attached hydrogens (tertiary/aromatic N) is 4. The van der Waals surface area contributed by atoms with Crippen molar-refractivity contribution in [1.82, 2.24) is 19.9 Å². The third-order valence-corrected chi connectivity index (χ3v) is 6.73. The number of aliphatic hydroxyl groups is 1. The number of rotatable bonds is 9. The molecule has 2 aliphatic rings. The predicted molar refractivity (Wildman–Crippen MR) is 133 cm³/mol. The van der Waals surface area contributed by atoms with Crippen molar-refractivity contribution in [3.63, 3.8) is 0 Å². The SMILES string of the molecule is O=C1CSc2ncc(N3C[C@H](CNCCOc4c(F)ccc5ccc(=O)n(CCO)c45)OC3=O)nc2N1. The van der Waals surface area contributed by atoms with Crippen LogP contribution in [0.4, 0.5) is 20.8 Å². The number of nitrogens with one attached hydrogen (secondary N) is 2. The highest BCUT2D eigenvalue weighted by Gasteiger charge is 2.34. The molecule has 1 fully saturated rings. The maximum atomic E-state index is 14.6. The number of ether oxygens (including phenoxy) is 2. The third-order valence-electron chi connectivity index (χ3n) is 5.75. The minimum Gasteiger partial charge on any atom is -0.487 e. The summed E-state index contributed by atoms with van der Waals surface area (Å²) in [7, 11) is 0. The third kappa shape index (κ3) is 5.21. The first-order valence-electron chi connectivity index (χ1n) is 11.5. The van der Waals surface area contributed by atoms with Crippen LogP contribution in [0, 0.1) is 5.82 Å². The lowest BCUT2D eigenvalue weighted by Crippen LogP contribution is -2.33. The second kappa shape index (κ2) is 10.7. The van der Waals surface area contributed by atoms with Gasteiger partial charge in [0.15, 0.2) is 23.2 Å². The van der Waals surface area contributed by atoms with Gasteiger partial charge in [0, 0.05) is 31.1 Å². The molecule has 0 spiro atoms. The molecular weight excluding hydrogens is 507 g/mol. The molecule has 0 aliphatic carbocycles. The molecule has 2 amide bonds. The summed E-state index contributed by atoms with van der Waals surface area (Å²) < 4.78 is 26.9. The van der Waals surface area contributed by atoms with Crippen LogP contribution in [0.1, 0.15) is 0 Å². The van der Waals surface area contributed by atoms with Crippen molar-refractivity contribution in [2.24, 2.45) is 0 Å². The molecule has 1 saturated heterocycles. The Morgan fingerprint density at radius 3 is 2.95 bits per heavy atom. The monoisotopic (exact) mass is 530 g/mol. The number of amides is 2. The number of hydrogen-bond donors (Lipinski definition) is 3. The highest BCUT2D eigenvalue weighted by molar-refractivity contribution is 8.00. The molecule has 0 unspecified atom stereocenters. The Morgan fingerprint density at radius 2 is 2.11 bits per heavy atom. The second-order valence-electron chi connectivity index (χ2n) is 8.25. The first-order chi connectivity index (χ1) is 17.9. The number of carbonyl (C=O) groups is 2. The highest BCUT2D eigenvalue weighted by atomic mass is 32.2. The fraction of sp³-hybridized carbons (Fsp3) is 0.348. The Bertz CT molecular complexity index is 1420. The van der Waals surface area contributed by atoms with E-state index in [0.29, 0.717) is 29.3 Å². The van der Waals surface area contributed by atoms with E-state index in [2.05, 4.69) is 20.6 Å². The zero-order valence-corrected chi connectivity index (χ0v) is 20.3. The number of benzene rings is 1. The van der Waals surface area contributed by atoms with Crippen LogP contribution in [0.15, 0.2) is 40.3 Å². The summed E-state index contributed by atoms with van der Waals surface area (Å²) in [5.74, 6) is -0.0174. The number of carbonyl (C=O) groups excluding carboxylic acids is 2. The summed E-state index contributed by atoms with van der Waals surface area (Å²) in [6.45, 7) is 0.658. The average molecular weight is 531 g/mol. The summed E-state index contributed by atoms with van der Waals surface area (Å²) in [6, 6.07) is 5.75. The second-order valence-corrected chi connectivity index (χ2v) is 9.21. The number of fused-ring (bicyclic) bond motifs is 2. The van der Waals surface area contributed by atoms with Gasteiger partial charge in [-0.05, 0) is 18.2 Å². The van der Waals surface area contributed by atoms with E-state index >= 15 is 0 Å². The number of anilines is 2. The molecular formula is C23H23FN6O6S. The zero-order chi connectivity index (χ0) is 25.9. The Morgan fingerprint density at radius 1 is 1.27 bits per heavy atom. The Kier molecular flexibility index (Phi) is 7.21. The predicted octanol–water partition coefficient (Wildman–Crippen LogP) is 0.961. The molecule has 0 bridgehead atoms. The van der Waals surface area contributed by atoms with E-state index in [-0.39, 0.29) is 60.6 Å². The van der Waals surface area contributed by atoms with Gasteiger partial charge in [0.1, 0.15) is 17.7 Å². The van der Waals surface area contributed by atoms with E-state index in [1.54, 1.807) is 12.1 Å². The summed E-state index contributed by atoms with van der Waals surface area (Å²) in [5, 5.41) is 16.3. The molecule has 2 aromatic heterocycles. The van der Waals surface area contributed by atoms with Crippen LogP contribution in [0.3, 0.4) is 0 Å². The topological polar surface area (TPSA) is 148 Å². The molecule has 0 radical (unpaired) electrons. The van der Waals surface area contributed by atoms with Gasteiger partial charge in [-0.2, -0.15) is 0 Å². The molecule has 1 aromatic carbocycles. The molecule has 5 rings (SSSR count). The zero-order valence-electron chi connectivity index (χ0n) is 19.5. The van der Waals surface area contributed by atoms with Crippen molar-refractivity contribution in [2.75, 3.05) is 48.8 Å². The van der Waals surface area contributed by atoms with E-state index in [4.69, 9.17) is 9.47 Å². The van der Waals surface area contributed by atoms with Crippen molar-refractivity contribution < 1.29 is 28.6 Å². The van der Waals surface area contributed by atoms with Crippen molar-refractivity contribution in [2.45, 2.75) is 17.7 Å². The molecule has 1 atom stereocenters. The minimum atomic E-state index is -0.620.